The molecule has 0 radical (unpaired) electrons. The Morgan fingerprint density at radius 1 is 1.03 bits per heavy atom. The van der Waals surface area contributed by atoms with Crippen LogP contribution in [0.5, 0.6) is 0 Å². The van der Waals surface area contributed by atoms with Crippen LogP contribution in [-0.4, -0.2) is 25.8 Å². The number of nitriles is 1. The molecule has 10 heteroatoms. The zero-order valence-corrected chi connectivity index (χ0v) is 19.6. The van der Waals surface area contributed by atoms with E-state index in [1.54, 1.807) is 48.8 Å². The Bertz CT molecular complexity index is 1640. The molecule has 0 unspecified atom stereocenters. The number of fused-ring (bicyclic) bond motifs is 1. The summed E-state index contributed by atoms with van der Waals surface area (Å²) in [5.41, 5.74) is 3.85. The van der Waals surface area contributed by atoms with Crippen molar-refractivity contribution in [1.29, 1.82) is 5.26 Å². The number of imidazole rings is 1. The molecule has 5 aromatic rings. The molecule has 2 aromatic carbocycles. The Balaban J connectivity index is 0.00000304. The van der Waals surface area contributed by atoms with Crippen LogP contribution in [0.15, 0.2) is 83.9 Å². The highest BCUT2D eigenvalue weighted by molar-refractivity contribution is 6.08. The van der Waals surface area contributed by atoms with Crippen LogP contribution in [0.1, 0.15) is 21.6 Å². The van der Waals surface area contributed by atoms with Crippen LogP contribution in [0.4, 0.5) is 11.4 Å². The van der Waals surface area contributed by atoms with Gasteiger partial charge in [-0.05, 0) is 48.5 Å². The van der Waals surface area contributed by atoms with Gasteiger partial charge in [-0.25, -0.2) is 4.98 Å². The van der Waals surface area contributed by atoms with Crippen molar-refractivity contribution >= 4 is 40.7 Å². The number of pyridine rings is 2. The Kier molecular flexibility index (Phi) is 7.09. The maximum atomic E-state index is 12.8. The van der Waals surface area contributed by atoms with Crippen molar-refractivity contribution in [1.82, 2.24) is 19.9 Å². The smallest absolute Gasteiger partial charge is 0.261 e. The second-order valence-electron chi connectivity index (χ2n) is 7.70. The van der Waals surface area contributed by atoms with Gasteiger partial charge in [0.15, 0.2) is 0 Å². The summed E-state index contributed by atoms with van der Waals surface area (Å²) in [5, 5.41) is 15.2. The van der Waals surface area contributed by atoms with Gasteiger partial charge in [0.1, 0.15) is 16.9 Å². The summed E-state index contributed by atoms with van der Waals surface area (Å²) in [4.78, 5) is 40.4. The van der Waals surface area contributed by atoms with Crippen molar-refractivity contribution in [3.05, 3.63) is 106 Å². The molecule has 0 atom stereocenters. The lowest BCUT2D eigenvalue weighted by atomic mass is 10.1. The zero-order chi connectivity index (χ0) is 24.2. The molecular formula is C26H20ClN7O2. The predicted octanol–water partition coefficient (Wildman–Crippen LogP) is 4.47. The number of aromatic nitrogens is 4. The predicted molar refractivity (Wildman–Crippen MR) is 140 cm³/mol. The third kappa shape index (κ3) is 4.94. The fourth-order valence-electron chi connectivity index (χ4n) is 3.73. The SMILES string of the molecule is Cl.N#Cc1cccc(C(=O)Nc2cccc3[nH]c(-c4c(NCc5ccccn5)cc[nH]c4=O)nc23)c1. The first-order valence-electron chi connectivity index (χ1n) is 10.8. The number of hydrogen-bond donors (Lipinski definition) is 4. The second kappa shape index (κ2) is 10.5. The second-order valence-corrected chi connectivity index (χ2v) is 7.70. The van der Waals surface area contributed by atoms with E-state index in [0.29, 0.717) is 51.5 Å². The van der Waals surface area contributed by atoms with Gasteiger partial charge in [0, 0.05) is 18.0 Å². The maximum absolute atomic E-state index is 12.8. The van der Waals surface area contributed by atoms with Gasteiger partial charge in [0.05, 0.1) is 40.8 Å². The number of benzene rings is 2. The van der Waals surface area contributed by atoms with Crippen molar-refractivity contribution < 1.29 is 4.79 Å². The Morgan fingerprint density at radius 2 is 1.89 bits per heavy atom. The molecule has 0 aliphatic heterocycles. The average Bonchev–Trinajstić information content (AvgIpc) is 3.33. The molecule has 0 fully saturated rings. The van der Waals surface area contributed by atoms with Crippen molar-refractivity contribution in [3.63, 3.8) is 0 Å². The topological polar surface area (TPSA) is 139 Å². The third-order valence-corrected chi connectivity index (χ3v) is 5.40. The van der Waals surface area contributed by atoms with E-state index in [-0.39, 0.29) is 23.9 Å². The summed E-state index contributed by atoms with van der Waals surface area (Å²) < 4.78 is 0. The normalized spacial score (nSPS) is 10.3. The Hall–Kier alpha value is -4.94. The van der Waals surface area contributed by atoms with Crippen LogP contribution in [-0.2, 0) is 6.54 Å². The lowest BCUT2D eigenvalue weighted by molar-refractivity contribution is 0.102. The number of hydrogen-bond acceptors (Lipinski definition) is 6. The molecule has 4 N–H and O–H groups in total. The fourth-order valence-corrected chi connectivity index (χ4v) is 3.73. The number of halogens is 1. The summed E-state index contributed by atoms with van der Waals surface area (Å²) >= 11 is 0. The molecule has 0 spiro atoms. The van der Waals surface area contributed by atoms with Gasteiger partial charge >= 0.3 is 0 Å². The molecule has 178 valence electrons. The van der Waals surface area contributed by atoms with Gasteiger partial charge in [-0.2, -0.15) is 5.26 Å². The molecule has 3 heterocycles. The Morgan fingerprint density at radius 3 is 2.69 bits per heavy atom. The van der Waals surface area contributed by atoms with Crippen molar-refractivity contribution in [2.24, 2.45) is 0 Å². The van der Waals surface area contributed by atoms with Gasteiger partial charge < -0.3 is 20.6 Å². The molecule has 5 rings (SSSR count). The van der Waals surface area contributed by atoms with Crippen LogP contribution >= 0.6 is 12.4 Å². The van der Waals surface area contributed by atoms with Gasteiger partial charge in [-0.3, -0.25) is 14.6 Å². The number of carbonyl (C=O) groups excluding carboxylic acids is 1. The van der Waals surface area contributed by atoms with E-state index in [9.17, 15) is 9.59 Å². The number of para-hydroxylation sites is 1. The lowest BCUT2D eigenvalue weighted by Gasteiger charge is -2.09. The van der Waals surface area contributed by atoms with E-state index in [1.807, 2.05) is 30.3 Å². The number of anilines is 2. The van der Waals surface area contributed by atoms with E-state index in [1.165, 1.54) is 6.07 Å². The van der Waals surface area contributed by atoms with Crippen LogP contribution < -0.4 is 16.2 Å². The number of amides is 1. The zero-order valence-electron chi connectivity index (χ0n) is 18.8. The van der Waals surface area contributed by atoms with Crippen molar-refractivity contribution in [2.45, 2.75) is 6.54 Å². The highest BCUT2D eigenvalue weighted by Gasteiger charge is 2.17. The van der Waals surface area contributed by atoms with Crippen molar-refractivity contribution in [2.75, 3.05) is 10.6 Å². The average molecular weight is 498 g/mol. The van der Waals surface area contributed by atoms with Crippen LogP contribution in [0.3, 0.4) is 0 Å². The summed E-state index contributed by atoms with van der Waals surface area (Å²) in [5.74, 6) is -0.00651. The number of aromatic amines is 2. The lowest BCUT2D eigenvalue weighted by Crippen LogP contribution is -2.13. The number of carbonyl (C=O) groups is 1. The van der Waals surface area contributed by atoms with Crippen LogP contribution in [0, 0.1) is 11.3 Å². The van der Waals surface area contributed by atoms with E-state index in [0.717, 1.165) is 5.69 Å². The molecular weight excluding hydrogens is 478 g/mol. The van der Waals surface area contributed by atoms with Crippen LogP contribution in [0.25, 0.3) is 22.4 Å². The summed E-state index contributed by atoms with van der Waals surface area (Å²) in [6.45, 7) is 0.431. The highest BCUT2D eigenvalue weighted by Crippen LogP contribution is 2.28. The summed E-state index contributed by atoms with van der Waals surface area (Å²) in [6.07, 6.45) is 3.28. The first-order valence-corrected chi connectivity index (χ1v) is 10.8. The number of H-pyrrole nitrogens is 2. The molecule has 0 saturated heterocycles. The minimum absolute atomic E-state index is 0. The number of nitrogens with zero attached hydrogens (tertiary/aromatic N) is 3. The van der Waals surface area contributed by atoms with Crippen LogP contribution in [0.2, 0.25) is 0 Å². The summed E-state index contributed by atoms with van der Waals surface area (Å²) in [6, 6.07) is 21.2. The summed E-state index contributed by atoms with van der Waals surface area (Å²) in [7, 11) is 0. The van der Waals surface area contributed by atoms with Crippen molar-refractivity contribution in [3.8, 4) is 17.5 Å². The van der Waals surface area contributed by atoms with E-state index < -0.39 is 0 Å². The standard InChI is InChI=1S/C26H19N7O2.ClH/c27-14-16-5-3-6-17(13-16)25(34)32-21-9-4-8-20-23(21)33-24(31-20)22-19(10-12-29-26(22)35)30-15-18-7-1-2-11-28-18;/h1-13H,15H2,(H,31,33)(H,32,34)(H2,29,30,35);1H. The van der Waals surface area contributed by atoms with Gasteiger partial charge in [0.25, 0.3) is 11.5 Å². The molecule has 9 nitrogen and oxygen atoms in total. The highest BCUT2D eigenvalue weighted by atomic mass is 35.5. The van der Waals surface area contributed by atoms with Gasteiger partial charge in [0.2, 0.25) is 0 Å². The first-order chi connectivity index (χ1) is 17.1. The molecule has 1 amide bonds. The molecule has 3 aromatic heterocycles. The van der Waals surface area contributed by atoms with Gasteiger partial charge in [-0.15, -0.1) is 12.4 Å². The largest absolute Gasteiger partial charge is 0.379 e. The minimum Gasteiger partial charge on any atom is -0.379 e. The number of nitrogens with one attached hydrogen (secondary N) is 4. The molecule has 0 aliphatic rings. The first kappa shape index (κ1) is 24.2. The minimum atomic E-state index is -0.366. The van der Waals surface area contributed by atoms with E-state index in [4.69, 9.17) is 5.26 Å². The molecule has 0 saturated carbocycles. The monoisotopic (exact) mass is 497 g/mol. The number of rotatable bonds is 6. The molecule has 36 heavy (non-hydrogen) atoms. The quantitative estimate of drug-likeness (QED) is 0.273. The third-order valence-electron chi connectivity index (χ3n) is 5.40. The molecule has 0 aliphatic carbocycles. The molecule has 0 bridgehead atoms. The Labute approximate surface area is 211 Å². The maximum Gasteiger partial charge on any atom is 0.261 e. The van der Waals surface area contributed by atoms with E-state index >= 15 is 0 Å². The fraction of sp³-hybridized carbons (Fsp3) is 0.0385. The van der Waals surface area contributed by atoms with Gasteiger partial charge in [-0.1, -0.05) is 18.2 Å². The van der Waals surface area contributed by atoms with E-state index in [2.05, 4.69) is 30.6 Å².